The van der Waals surface area contributed by atoms with Gasteiger partial charge >= 0.3 is 5.97 Å². The van der Waals surface area contributed by atoms with E-state index in [1.807, 2.05) is 24.0 Å². The Labute approximate surface area is 196 Å². The van der Waals surface area contributed by atoms with Gasteiger partial charge in [0.15, 0.2) is 0 Å². The lowest BCUT2D eigenvalue weighted by molar-refractivity contribution is 0.0694. The van der Waals surface area contributed by atoms with Gasteiger partial charge in [0.2, 0.25) is 11.3 Å². The van der Waals surface area contributed by atoms with Gasteiger partial charge in [-0.1, -0.05) is 6.07 Å². The number of benzene rings is 1. The number of ether oxygens (including phenoxy) is 2. The fourth-order valence-electron chi connectivity index (χ4n) is 4.46. The molecule has 0 spiro atoms. The number of carboxylic acids is 1. The first kappa shape index (κ1) is 23.7. The van der Waals surface area contributed by atoms with E-state index in [1.165, 1.54) is 6.20 Å². The molecule has 1 fully saturated rings. The molecule has 9 heteroatoms. The maximum atomic E-state index is 15.3. The molecule has 3 aromatic rings. The molecule has 0 radical (unpaired) electrons. The number of carboxylic acid groups (broad SMARTS) is 1. The van der Waals surface area contributed by atoms with Gasteiger partial charge in [-0.25, -0.2) is 14.2 Å². The maximum Gasteiger partial charge on any atom is 0.341 e. The van der Waals surface area contributed by atoms with E-state index in [0.717, 1.165) is 18.9 Å². The van der Waals surface area contributed by atoms with Crippen LogP contribution in [0.3, 0.4) is 0 Å². The van der Waals surface area contributed by atoms with Crippen LogP contribution in [-0.4, -0.2) is 53.5 Å². The van der Waals surface area contributed by atoms with Crippen LogP contribution in [0.2, 0.25) is 0 Å². The molecule has 0 aliphatic carbocycles. The molecule has 0 amide bonds. The summed E-state index contributed by atoms with van der Waals surface area (Å²) in [6, 6.07) is 8.01. The SMILES string of the molecule is COCCC(C)n1cc(C(=O)O)c(=O)c2cc(F)c(N3CCC[C@@H]3COc3ccccn3)cc21. The minimum atomic E-state index is -1.34. The highest BCUT2D eigenvalue weighted by Crippen LogP contribution is 2.32. The second-order valence-electron chi connectivity index (χ2n) is 8.50. The van der Waals surface area contributed by atoms with Crippen molar-refractivity contribution < 1.29 is 23.8 Å². The minimum Gasteiger partial charge on any atom is -0.477 e. The van der Waals surface area contributed by atoms with Crippen molar-refractivity contribution in [2.24, 2.45) is 0 Å². The molecule has 3 heterocycles. The van der Waals surface area contributed by atoms with Crippen molar-refractivity contribution in [1.29, 1.82) is 0 Å². The van der Waals surface area contributed by atoms with Gasteiger partial charge in [-0.3, -0.25) is 4.79 Å². The van der Waals surface area contributed by atoms with E-state index < -0.39 is 17.2 Å². The monoisotopic (exact) mass is 469 g/mol. The number of aromatic carboxylic acids is 1. The van der Waals surface area contributed by atoms with E-state index in [-0.39, 0.29) is 23.0 Å². The van der Waals surface area contributed by atoms with Crippen molar-refractivity contribution in [1.82, 2.24) is 9.55 Å². The third-order valence-corrected chi connectivity index (χ3v) is 6.29. The summed E-state index contributed by atoms with van der Waals surface area (Å²) in [7, 11) is 1.59. The first-order valence-corrected chi connectivity index (χ1v) is 11.3. The lowest BCUT2D eigenvalue weighted by Crippen LogP contribution is -2.35. The summed E-state index contributed by atoms with van der Waals surface area (Å²) < 4.78 is 28.1. The van der Waals surface area contributed by atoms with E-state index >= 15 is 4.39 Å². The highest BCUT2D eigenvalue weighted by Gasteiger charge is 2.29. The molecule has 1 aliphatic heterocycles. The first-order valence-electron chi connectivity index (χ1n) is 11.3. The molecule has 2 aromatic heterocycles. The Bertz CT molecular complexity index is 1230. The molecule has 1 aliphatic rings. The number of aromatic nitrogens is 2. The fourth-order valence-corrected chi connectivity index (χ4v) is 4.46. The third kappa shape index (κ3) is 4.75. The Kier molecular flexibility index (Phi) is 7.12. The van der Waals surface area contributed by atoms with Crippen molar-refractivity contribution in [2.45, 2.75) is 38.3 Å². The lowest BCUT2D eigenvalue weighted by atomic mass is 10.1. The molecule has 180 valence electrons. The summed E-state index contributed by atoms with van der Waals surface area (Å²) in [5, 5.41) is 9.58. The number of nitrogens with zero attached hydrogens (tertiary/aromatic N) is 3. The topological polar surface area (TPSA) is 93.9 Å². The standard InChI is InChI=1S/C25H28FN3O5/c1-16(8-11-33-2)29-14-19(25(31)32)24(30)18-12-20(26)22(13-21(18)29)28-10-5-6-17(28)15-34-23-7-3-4-9-27-23/h3-4,7,9,12-14,16-17H,5-6,8,10-11,15H2,1-2H3,(H,31,32)/t16?,17-/m1/s1. The highest BCUT2D eigenvalue weighted by atomic mass is 19.1. The van der Waals surface area contributed by atoms with E-state index in [4.69, 9.17) is 9.47 Å². The Morgan fingerprint density at radius 3 is 2.88 bits per heavy atom. The molecule has 1 saturated heterocycles. The van der Waals surface area contributed by atoms with Crippen molar-refractivity contribution in [3.63, 3.8) is 0 Å². The predicted molar refractivity (Wildman–Crippen MR) is 126 cm³/mol. The summed E-state index contributed by atoms with van der Waals surface area (Å²) in [6.45, 7) is 3.38. The summed E-state index contributed by atoms with van der Waals surface area (Å²) in [5.74, 6) is -1.39. The number of carbonyl (C=O) groups is 1. The van der Waals surface area contributed by atoms with Crippen LogP contribution < -0.4 is 15.1 Å². The zero-order chi connectivity index (χ0) is 24.2. The molecule has 0 bridgehead atoms. The van der Waals surface area contributed by atoms with Gasteiger partial charge in [-0.15, -0.1) is 0 Å². The summed E-state index contributed by atoms with van der Waals surface area (Å²) >= 11 is 0. The normalized spacial score (nSPS) is 16.7. The zero-order valence-corrected chi connectivity index (χ0v) is 19.2. The second kappa shape index (κ2) is 10.2. The van der Waals surface area contributed by atoms with Gasteiger partial charge in [-0.05, 0) is 44.4 Å². The summed E-state index contributed by atoms with van der Waals surface area (Å²) in [5.41, 5.74) is -0.215. The van der Waals surface area contributed by atoms with Crippen LogP contribution >= 0.6 is 0 Å². The molecule has 4 rings (SSSR count). The van der Waals surface area contributed by atoms with Crippen molar-refractivity contribution >= 4 is 22.6 Å². The Morgan fingerprint density at radius 1 is 1.35 bits per heavy atom. The average molecular weight is 470 g/mol. The van der Waals surface area contributed by atoms with E-state index in [2.05, 4.69) is 4.98 Å². The number of anilines is 1. The third-order valence-electron chi connectivity index (χ3n) is 6.29. The number of methoxy groups -OCH3 is 1. The number of halogens is 1. The van der Waals surface area contributed by atoms with E-state index in [0.29, 0.717) is 43.3 Å². The Morgan fingerprint density at radius 2 is 2.18 bits per heavy atom. The number of rotatable bonds is 9. The summed E-state index contributed by atoms with van der Waals surface area (Å²) in [6.07, 6.45) is 5.31. The minimum absolute atomic E-state index is 0.0471. The molecule has 1 N–H and O–H groups in total. The van der Waals surface area contributed by atoms with Crippen LogP contribution in [0.1, 0.15) is 42.6 Å². The maximum absolute atomic E-state index is 15.3. The fraction of sp³-hybridized carbons (Fsp3) is 0.400. The van der Waals surface area contributed by atoms with Crippen LogP contribution in [-0.2, 0) is 4.74 Å². The zero-order valence-electron chi connectivity index (χ0n) is 19.2. The Balaban J connectivity index is 1.74. The number of hydrogen-bond acceptors (Lipinski definition) is 6. The van der Waals surface area contributed by atoms with Crippen molar-refractivity contribution in [2.75, 3.05) is 31.8 Å². The van der Waals surface area contributed by atoms with Gasteiger partial charge in [0.05, 0.1) is 17.2 Å². The number of fused-ring (bicyclic) bond motifs is 1. The van der Waals surface area contributed by atoms with Gasteiger partial charge in [0.25, 0.3) is 0 Å². The lowest BCUT2D eigenvalue weighted by Gasteiger charge is -2.28. The van der Waals surface area contributed by atoms with Crippen LogP contribution in [0, 0.1) is 5.82 Å². The van der Waals surface area contributed by atoms with Crippen LogP contribution in [0.15, 0.2) is 47.5 Å². The summed E-state index contributed by atoms with van der Waals surface area (Å²) in [4.78, 5) is 30.7. The molecular formula is C25H28FN3O5. The second-order valence-corrected chi connectivity index (χ2v) is 8.50. The van der Waals surface area contributed by atoms with Crippen LogP contribution in [0.4, 0.5) is 10.1 Å². The van der Waals surface area contributed by atoms with Gasteiger partial charge < -0.3 is 24.0 Å². The van der Waals surface area contributed by atoms with Gasteiger partial charge in [0.1, 0.15) is 18.0 Å². The van der Waals surface area contributed by atoms with Crippen molar-refractivity contribution in [3.05, 3.63) is 64.3 Å². The largest absolute Gasteiger partial charge is 0.477 e. The van der Waals surface area contributed by atoms with Gasteiger partial charge in [0, 0.05) is 50.1 Å². The number of pyridine rings is 2. The smallest absolute Gasteiger partial charge is 0.341 e. The molecule has 2 atom stereocenters. The highest BCUT2D eigenvalue weighted by molar-refractivity contribution is 5.93. The average Bonchev–Trinajstić information content (AvgIpc) is 3.30. The molecule has 8 nitrogen and oxygen atoms in total. The Hall–Kier alpha value is -3.46. The van der Waals surface area contributed by atoms with E-state index in [1.54, 1.807) is 30.0 Å². The molecule has 1 unspecified atom stereocenters. The molecule has 34 heavy (non-hydrogen) atoms. The molecule has 0 saturated carbocycles. The van der Waals surface area contributed by atoms with E-state index in [9.17, 15) is 14.7 Å². The predicted octanol–water partition coefficient (Wildman–Crippen LogP) is 3.88. The quantitative estimate of drug-likeness (QED) is 0.508. The first-order chi connectivity index (χ1) is 16.4. The molecular weight excluding hydrogens is 441 g/mol. The van der Waals surface area contributed by atoms with Crippen molar-refractivity contribution in [3.8, 4) is 5.88 Å². The van der Waals surface area contributed by atoms with Crippen LogP contribution in [0.25, 0.3) is 10.9 Å². The van der Waals surface area contributed by atoms with Crippen LogP contribution in [0.5, 0.6) is 5.88 Å². The molecule has 1 aromatic carbocycles. The number of hydrogen-bond donors (Lipinski definition) is 1. The van der Waals surface area contributed by atoms with Gasteiger partial charge in [-0.2, -0.15) is 0 Å².